The van der Waals surface area contributed by atoms with Gasteiger partial charge in [-0.1, -0.05) is 0 Å². The average Bonchev–Trinajstić information content (AvgIpc) is 2.43. The Morgan fingerprint density at radius 3 is 3.20 bits per heavy atom. The van der Waals surface area contributed by atoms with Crippen LogP contribution >= 0.6 is 0 Å². The van der Waals surface area contributed by atoms with E-state index in [9.17, 15) is 0 Å². The molecule has 0 N–H and O–H groups in total. The topological polar surface area (TPSA) is 25.4 Å². The highest BCUT2D eigenvalue weighted by Crippen LogP contribution is 2.20. The van der Waals surface area contributed by atoms with E-state index in [2.05, 4.69) is 29.8 Å². The second-order valence-corrected chi connectivity index (χ2v) is 4.14. The van der Waals surface area contributed by atoms with Crippen molar-refractivity contribution in [3.8, 4) is 0 Å². The van der Waals surface area contributed by atoms with Gasteiger partial charge in [-0.25, -0.2) is 0 Å². The number of pyridine rings is 1. The van der Waals surface area contributed by atoms with Crippen LogP contribution in [0.1, 0.15) is 18.9 Å². The highest BCUT2D eigenvalue weighted by Gasteiger charge is 2.16. The van der Waals surface area contributed by atoms with Crippen LogP contribution in [-0.4, -0.2) is 30.8 Å². The summed E-state index contributed by atoms with van der Waals surface area (Å²) in [6, 6.07) is 2.09. The number of aryl methyl sites for hydroxylation is 1. The largest absolute Gasteiger partial charge is 0.377 e. The van der Waals surface area contributed by atoms with Gasteiger partial charge in [-0.05, 0) is 31.9 Å². The second-order valence-electron chi connectivity index (χ2n) is 4.14. The van der Waals surface area contributed by atoms with Crippen molar-refractivity contribution in [3.63, 3.8) is 0 Å². The van der Waals surface area contributed by atoms with Crippen LogP contribution in [0.3, 0.4) is 0 Å². The van der Waals surface area contributed by atoms with Gasteiger partial charge in [0.05, 0.1) is 6.10 Å². The van der Waals surface area contributed by atoms with E-state index in [1.54, 1.807) is 0 Å². The van der Waals surface area contributed by atoms with E-state index in [0.29, 0.717) is 6.10 Å². The van der Waals surface area contributed by atoms with Crippen LogP contribution in [0.4, 0.5) is 5.69 Å². The lowest BCUT2D eigenvalue weighted by molar-refractivity contribution is 0.0821. The Kier molecular flexibility index (Phi) is 3.21. The highest BCUT2D eigenvalue weighted by molar-refractivity contribution is 5.51. The van der Waals surface area contributed by atoms with E-state index in [-0.39, 0.29) is 0 Å². The van der Waals surface area contributed by atoms with Gasteiger partial charge in [-0.15, -0.1) is 0 Å². The molecular formula is C12H18N2O. The number of anilines is 1. The van der Waals surface area contributed by atoms with Gasteiger partial charge in [-0.3, -0.25) is 4.98 Å². The molecule has 0 aromatic carbocycles. The minimum Gasteiger partial charge on any atom is -0.377 e. The molecule has 1 aromatic rings. The fraction of sp³-hybridized carbons (Fsp3) is 0.583. The molecule has 15 heavy (non-hydrogen) atoms. The van der Waals surface area contributed by atoms with Crippen molar-refractivity contribution in [2.75, 3.05) is 24.6 Å². The lowest BCUT2D eigenvalue weighted by Crippen LogP contribution is -2.30. The predicted molar refractivity (Wildman–Crippen MR) is 61.2 cm³/mol. The van der Waals surface area contributed by atoms with Crippen LogP contribution < -0.4 is 4.90 Å². The van der Waals surface area contributed by atoms with Crippen molar-refractivity contribution in [2.45, 2.75) is 26.4 Å². The van der Waals surface area contributed by atoms with Gasteiger partial charge in [-0.2, -0.15) is 0 Å². The van der Waals surface area contributed by atoms with Gasteiger partial charge < -0.3 is 9.64 Å². The molecule has 82 valence electrons. The standard InChI is InChI=1S/C12H18N2O/c1-10-8-13-5-4-12(10)14-6-3-7-15-11(2)9-14/h4-5,8,11H,3,6-7,9H2,1-2H3/t11-/m1/s1. The summed E-state index contributed by atoms with van der Waals surface area (Å²) < 4.78 is 5.64. The SMILES string of the molecule is Cc1cnccc1N1CCCO[C@H](C)C1. The van der Waals surface area contributed by atoms with Crippen molar-refractivity contribution in [3.05, 3.63) is 24.0 Å². The molecule has 0 unspecified atom stereocenters. The van der Waals surface area contributed by atoms with Crippen molar-refractivity contribution in [1.29, 1.82) is 0 Å². The fourth-order valence-electron chi connectivity index (χ4n) is 2.03. The summed E-state index contributed by atoms with van der Waals surface area (Å²) in [4.78, 5) is 6.52. The first kappa shape index (κ1) is 10.4. The number of hydrogen-bond donors (Lipinski definition) is 0. The lowest BCUT2D eigenvalue weighted by atomic mass is 10.2. The molecule has 0 saturated carbocycles. The molecule has 1 aromatic heterocycles. The number of ether oxygens (including phenoxy) is 1. The van der Waals surface area contributed by atoms with E-state index in [4.69, 9.17) is 4.74 Å². The maximum Gasteiger partial charge on any atom is 0.0721 e. The smallest absolute Gasteiger partial charge is 0.0721 e. The van der Waals surface area contributed by atoms with Gasteiger partial charge >= 0.3 is 0 Å². The van der Waals surface area contributed by atoms with Crippen molar-refractivity contribution >= 4 is 5.69 Å². The first-order chi connectivity index (χ1) is 7.27. The van der Waals surface area contributed by atoms with E-state index >= 15 is 0 Å². The number of hydrogen-bond acceptors (Lipinski definition) is 3. The van der Waals surface area contributed by atoms with Crippen LogP contribution in [0.25, 0.3) is 0 Å². The first-order valence-corrected chi connectivity index (χ1v) is 5.54. The summed E-state index contributed by atoms with van der Waals surface area (Å²) >= 11 is 0. The number of aromatic nitrogens is 1. The number of nitrogens with zero attached hydrogens (tertiary/aromatic N) is 2. The zero-order valence-electron chi connectivity index (χ0n) is 9.44. The molecule has 2 rings (SSSR count). The van der Waals surface area contributed by atoms with E-state index < -0.39 is 0 Å². The van der Waals surface area contributed by atoms with Crippen molar-refractivity contribution in [2.24, 2.45) is 0 Å². The molecule has 0 spiro atoms. The van der Waals surface area contributed by atoms with Crippen LogP contribution in [0.5, 0.6) is 0 Å². The molecule has 1 aliphatic heterocycles. The summed E-state index contributed by atoms with van der Waals surface area (Å²) in [6.07, 6.45) is 5.21. The van der Waals surface area contributed by atoms with E-state index in [1.807, 2.05) is 12.4 Å². The molecule has 0 radical (unpaired) electrons. The van der Waals surface area contributed by atoms with E-state index in [0.717, 1.165) is 26.1 Å². The fourth-order valence-corrected chi connectivity index (χ4v) is 2.03. The Morgan fingerprint density at radius 2 is 2.40 bits per heavy atom. The third-order valence-corrected chi connectivity index (χ3v) is 2.78. The maximum absolute atomic E-state index is 5.64. The maximum atomic E-state index is 5.64. The van der Waals surface area contributed by atoms with Crippen LogP contribution in [0.15, 0.2) is 18.5 Å². The molecule has 1 atom stereocenters. The molecule has 3 nitrogen and oxygen atoms in total. The molecule has 1 aliphatic rings. The zero-order chi connectivity index (χ0) is 10.7. The first-order valence-electron chi connectivity index (χ1n) is 5.54. The van der Waals surface area contributed by atoms with Gasteiger partial charge in [0, 0.05) is 37.8 Å². The molecule has 1 fully saturated rings. The Hall–Kier alpha value is -1.09. The quantitative estimate of drug-likeness (QED) is 0.702. The monoisotopic (exact) mass is 206 g/mol. The van der Waals surface area contributed by atoms with Crippen molar-refractivity contribution < 1.29 is 4.74 Å². The molecule has 2 heterocycles. The third-order valence-electron chi connectivity index (χ3n) is 2.78. The predicted octanol–water partition coefficient (Wildman–Crippen LogP) is 2.01. The minimum absolute atomic E-state index is 0.320. The summed E-state index contributed by atoms with van der Waals surface area (Å²) in [5.74, 6) is 0. The Labute approximate surface area is 91.1 Å². The van der Waals surface area contributed by atoms with Gasteiger partial charge in [0.25, 0.3) is 0 Å². The minimum atomic E-state index is 0.320. The van der Waals surface area contributed by atoms with Crippen LogP contribution in [0.2, 0.25) is 0 Å². The normalized spacial score (nSPS) is 22.5. The van der Waals surface area contributed by atoms with E-state index in [1.165, 1.54) is 11.3 Å². The summed E-state index contributed by atoms with van der Waals surface area (Å²) in [5, 5.41) is 0. The molecule has 0 aliphatic carbocycles. The Morgan fingerprint density at radius 1 is 1.53 bits per heavy atom. The molecular weight excluding hydrogens is 188 g/mol. The zero-order valence-corrected chi connectivity index (χ0v) is 9.44. The summed E-state index contributed by atoms with van der Waals surface area (Å²) in [7, 11) is 0. The Bertz CT molecular complexity index is 327. The van der Waals surface area contributed by atoms with Gasteiger partial charge in [0.2, 0.25) is 0 Å². The molecule has 3 heteroatoms. The van der Waals surface area contributed by atoms with Crippen LogP contribution in [0, 0.1) is 6.92 Å². The second kappa shape index (κ2) is 4.62. The van der Waals surface area contributed by atoms with Gasteiger partial charge in [0.1, 0.15) is 0 Å². The molecule has 0 amide bonds. The summed E-state index contributed by atoms with van der Waals surface area (Å²) in [6.45, 7) is 7.18. The Balaban J connectivity index is 2.18. The summed E-state index contributed by atoms with van der Waals surface area (Å²) in [5.41, 5.74) is 2.54. The number of rotatable bonds is 1. The van der Waals surface area contributed by atoms with Gasteiger partial charge in [0.15, 0.2) is 0 Å². The van der Waals surface area contributed by atoms with Crippen LogP contribution in [-0.2, 0) is 4.74 Å². The van der Waals surface area contributed by atoms with Crippen molar-refractivity contribution in [1.82, 2.24) is 4.98 Å². The molecule has 1 saturated heterocycles. The third kappa shape index (κ3) is 2.48. The average molecular weight is 206 g/mol. The molecule has 0 bridgehead atoms. The lowest BCUT2D eigenvalue weighted by Gasteiger charge is -2.25. The highest BCUT2D eigenvalue weighted by atomic mass is 16.5.